The van der Waals surface area contributed by atoms with Crippen molar-refractivity contribution < 1.29 is 14.3 Å². The van der Waals surface area contributed by atoms with E-state index in [9.17, 15) is 4.79 Å². The van der Waals surface area contributed by atoms with Crippen molar-refractivity contribution in [3.63, 3.8) is 0 Å². The van der Waals surface area contributed by atoms with Gasteiger partial charge in [-0.2, -0.15) is 0 Å². The fourth-order valence-electron chi connectivity index (χ4n) is 5.09. The number of pyridine rings is 1. The maximum Gasteiger partial charge on any atom is 0.254 e. The van der Waals surface area contributed by atoms with Crippen LogP contribution in [0, 0.1) is 6.92 Å². The Morgan fingerprint density at radius 1 is 0.946 bits per heavy atom. The molecular formula is C29H25Cl2N3O3. The molecule has 1 saturated heterocycles. The first-order valence-corrected chi connectivity index (χ1v) is 13.0. The number of piperazine rings is 1. The van der Waals surface area contributed by atoms with Crippen LogP contribution in [0.5, 0.6) is 11.5 Å². The molecule has 0 atom stereocenters. The lowest BCUT2D eigenvalue weighted by Crippen LogP contribution is -2.48. The lowest BCUT2D eigenvalue weighted by molar-refractivity contribution is 0.0629. The topological polar surface area (TPSA) is 54.9 Å². The van der Waals surface area contributed by atoms with E-state index in [4.69, 9.17) is 37.7 Å². The van der Waals surface area contributed by atoms with Gasteiger partial charge in [-0.1, -0.05) is 47.5 Å². The molecule has 0 saturated carbocycles. The Morgan fingerprint density at radius 2 is 1.73 bits per heavy atom. The summed E-state index contributed by atoms with van der Waals surface area (Å²) in [6.45, 7) is 5.90. The molecule has 3 heterocycles. The smallest absolute Gasteiger partial charge is 0.254 e. The number of halogens is 2. The molecule has 2 aliphatic heterocycles. The zero-order valence-electron chi connectivity index (χ0n) is 20.3. The van der Waals surface area contributed by atoms with Gasteiger partial charge in [-0.15, -0.1) is 0 Å². The van der Waals surface area contributed by atoms with E-state index in [0.29, 0.717) is 34.4 Å². The van der Waals surface area contributed by atoms with E-state index in [0.717, 1.165) is 53.2 Å². The molecule has 37 heavy (non-hydrogen) atoms. The summed E-state index contributed by atoms with van der Waals surface area (Å²) in [7, 11) is 0. The third kappa shape index (κ3) is 4.61. The van der Waals surface area contributed by atoms with Crippen LogP contribution < -0.4 is 9.47 Å². The largest absolute Gasteiger partial charge is 0.454 e. The third-order valence-corrected chi connectivity index (χ3v) is 7.59. The number of benzene rings is 3. The normalized spacial score (nSPS) is 15.4. The molecule has 1 fully saturated rings. The second-order valence-corrected chi connectivity index (χ2v) is 10.2. The summed E-state index contributed by atoms with van der Waals surface area (Å²) >= 11 is 12.7. The fraction of sp³-hybridized carbons (Fsp3) is 0.241. The van der Waals surface area contributed by atoms with Crippen molar-refractivity contribution in [2.24, 2.45) is 0 Å². The van der Waals surface area contributed by atoms with Crippen molar-refractivity contribution in [1.29, 1.82) is 0 Å². The molecule has 0 radical (unpaired) electrons. The number of nitrogens with zero attached hydrogens (tertiary/aromatic N) is 3. The number of hydrogen-bond donors (Lipinski definition) is 0. The second kappa shape index (κ2) is 9.86. The number of fused-ring (bicyclic) bond motifs is 2. The number of carbonyl (C=O) groups is 1. The fourth-order valence-corrected chi connectivity index (χ4v) is 5.59. The molecule has 3 aromatic carbocycles. The Bertz CT molecular complexity index is 1520. The highest BCUT2D eigenvalue weighted by atomic mass is 35.5. The van der Waals surface area contributed by atoms with E-state index in [2.05, 4.69) is 11.0 Å². The summed E-state index contributed by atoms with van der Waals surface area (Å²) in [4.78, 5) is 23.1. The number of rotatable bonds is 4. The molecule has 4 aromatic rings. The SMILES string of the molecule is Cc1c(-c2ccc(Cl)cc2Cl)nc2ccccc2c1C(=O)N1CCN(Cc2ccc3c(c2)OCO3)CC1. The summed E-state index contributed by atoms with van der Waals surface area (Å²) in [5, 5.41) is 1.91. The zero-order chi connectivity index (χ0) is 25.5. The zero-order valence-corrected chi connectivity index (χ0v) is 21.9. The lowest BCUT2D eigenvalue weighted by atomic mass is 9.96. The van der Waals surface area contributed by atoms with Gasteiger partial charge in [0.2, 0.25) is 6.79 Å². The quantitative estimate of drug-likeness (QED) is 0.312. The van der Waals surface area contributed by atoms with Crippen LogP contribution >= 0.6 is 23.2 Å². The minimum atomic E-state index is 0.0187. The van der Waals surface area contributed by atoms with E-state index >= 15 is 0 Å². The Balaban J connectivity index is 1.26. The van der Waals surface area contributed by atoms with Gasteiger partial charge in [0.15, 0.2) is 11.5 Å². The van der Waals surface area contributed by atoms with E-state index in [1.165, 1.54) is 5.56 Å². The number of carbonyl (C=O) groups excluding carboxylic acids is 1. The maximum atomic E-state index is 13.9. The van der Waals surface area contributed by atoms with Crippen LogP contribution in [0.4, 0.5) is 0 Å². The average molecular weight is 534 g/mol. The Labute approximate surface area is 225 Å². The molecule has 0 aliphatic carbocycles. The molecule has 0 spiro atoms. The van der Waals surface area contributed by atoms with Crippen LogP contribution in [-0.4, -0.2) is 53.7 Å². The Hall–Kier alpha value is -3.32. The van der Waals surface area contributed by atoms with Gasteiger partial charge in [-0.05, 0) is 54.4 Å². The number of hydrogen-bond acceptors (Lipinski definition) is 5. The van der Waals surface area contributed by atoms with Crippen LogP contribution in [0.1, 0.15) is 21.5 Å². The molecule has 188 valence electrons. The van der Waals surface area contributed by atoms with Crippen molar-refractivity contribution in [3.05, 3.63) is 87.4 Å². The molecule has 2 aliphatic rings. The Kier molecular flexibility index (Phi) is 6.41. The maximum absolute atomic E-state index is 13.9. The van der Waals surface area contributed by atoms with Gasteiger partial charge in [0.1, 0.15) is 0 Å². The van der Waals surface area contributed by atoms with Gasteiger partial charge < -0.3 is 14.4 Å². The summed E-state index contributed by atoms with van der Waals surface area (Å²) in [5.74, 6) is 1.60. The van der Waals surface area contributed by atoms with Gasteiger partial charge >= 0.3 is 0 Å². The van der Waals surface area contributed by atoms with Crippen LogP contribution in [0.2, 0.25) is 10.0 Å². The van der Waals surface area contributed by atoms with E-state index in [1.807, 2.05) is 54.3 Å². The third-order valence-electron chi connectivity index (χ3n) is 7.04. The molecular weight excluding hydrogens is 509 g/mol. The standard InChI is InChI=1S/C29H25Cl2N3O3/c1-18-27(22-4-2-3-5-24(22)32-28(18)21-8-7-20(30)15-23(21)31)29(35)34-12-10-33(11-13-34)16-19-6-9-25-26(14-19)37-17-36-25/h2-9,14-15H,10-13,16-17H2,1H3. The number of ether oxygens (including phenoxy) is 2. The van der Waals surface area contributed by atoms with Gasteiger partial charge in [0, 0.05) is 48.7 Å². The Morgan fingerprint density at radius 3 is 2.54 bits per heavy atom. The summed E-state index contributed by atoms with van der Waals surface area (Å²) in [6.07, 6.45) is 0. The molecule has 0 bridgehead atoms. The van der Waals surface area contributed by atoms with Crippen molar-refractivity contribution in [2.75, 3.05) is 33.0 Å². The number of amides is 1. The van der Waals surface area contributed by atoms with E-state index < -0.39 is 0 Å². The van der Waals surface area contributed by atoms with Crippen LogP contribution in [0.25, 0.3) is 22.2 Å². The molecule has 1 amide bonds. The van der Waals surface area contributed by atoms with Gasteiger partial charge in [0.05, 0.1) is 21.8 Å². The van der Waals surface area contributed by atoms with E-state index in [-0.39, 0.29) is 12.7 Å². The highest BCUT2D eigenvalue weighted by molar-refractivity contribution is 6.36. The highest BCUT2D eigenvalue weighted by Crippen LogP contribution is 2.36. The van der Waals surface area contributed by atoms with Gasteiger partial charge in [-0.25, -0.2) is 4.98 Å². The monoisotopic (exact) mass is 533 g/mol. The van der Waals surface area contributed by atoms with Gasteiger partial charge in [-0.3, -0.25) is 9.69 Å². The number of para-hydroxylation sites is 1. The minimum Gasteiger partial charge on any atom is -0.454 e. The van der Waals surface area contributed by atoms with Crippen molar-refractivity contribution >= 4 is 40.0 Å². The first-order valence-electron chi connectivity index (χ1n) is 12.2. The van der Waals surface area contributed by atoms with Gasteiger partial charge in [0.25, 0.3) is 5.91 Å². The first kappa shape index (κ1) is 24.0. The average Bonchev–Trinajstić information content (AvgIpc) is 3.37. The van der Waals surface area contributed by atoms with Crippen LogP contribution in [0.15, 0.2) is 60.7 Å². The minimum absolute atomic E-state index is 0.0187. The molecule has 0 unspecified atom stereocenters. The molecule has 0 N–H and O–H groups in total. The molecule has 6 rings (SSSR count). The lowest BCUT2D eigenvalue weighted by Gasteiger charge is -2.35. The van der Waals surface area contributed by atoms with Crippen molar-refractivity contribution in [2.45, 2.75) is 13.5 Å². The van der Waals surface area contributed by atoms with Crippen molar-refractivity contribution in [3.8, 4) is 22.8 Å². The molecule has 8 heteroatoms. The predicted octanol–water partition coefficient (Wildman–Crippen LogP) is 6.20. The van der Waals surface area contributed by atoms with Crippen LogP contribution in [-0.2, 0) is 6.54 Å². The summed E-state index contributed by atoms with van der Waals surface area (Å²) < 4.78 is 10.9. The molecule has 1 aromatic heterocycles. The molecule has 6 nitrogen and oxygen atoms in total. The highest BCUT2D eigenvalue weighted by Gasteiger charge is 2.27. The first-order chi connectivity index (χ1) is 18.0. The van der Waals surface area contributed by atoms with Crippen molar-refractivity contribution in [1.82, 2.24) is 14.8 Å². The predicted molar refractivity (Wildman–Crippen MR) is 146 cm³/mol. The second-order valence-electron chi connectivity index (χ2n) is 9.36. The number of aromatic nitrogens is 1. The van der Waals surface area contributed by atoms with Crippen LogP contribution in [0.3, 0.4) is 0 Å². The summed E-state index contributed by atoms with van der Waals surface area (Å²) in [5.41, 5.74) is 4.89. The summed E-state index contributed by atoms with van der Waals surface area (Å²) in [6, 6.07) is 19.2. The van der Waals surface area contributed by atoms with E-state index in [1.54, 1.807) is 12.1 Å².